The van der Waals surface area contributed by atoms with Gasteiger partial charge in [0.1, 0.15) is 6.73 Å². The first-order valence-electron chi connectivity index (χ1n) is 7.89. The predicted octanol–water partition coefficient (Wildman–Crippen LogP) is 3.82. The number of aromatic nitrogens is 2. The van der Waals surface area contributed by atoms with Crippen molar-refractivity contribution in [1.29, 1.82) is 0 Å². The molecule has 1 aromatic heterocycles. The van der Waals surface area contributed by atoms with Crippen LogP contribution in [0.25, 0.3) is 11.3 Å². The van der Waals surface area contributed by atoms with Crippen molar-refractivity contribution in [2.75, 3.05) is 13.3 Å². The summed E-state index contributed by atoms with van der Waals surface area (Å²) in [6.07, 6.45) is 3.30. The van der Waals surface area contributed by atoms with E-state index in [2.05, 4.69) is 14.9 Å². The van der Waals surface area contributed by atoms with E-state index < -0.39 is 5.92 Å². The maximum absolute atomic E-state index is 13.5. The van der Waals surface area contributed by atoms with Gasteiger partial charge in [-0.3, -0.25) is 9.88 Å². The maximum Gasteiger partial charge on any atom is 0.270 e. The van der Waals surface area contributed by atoms with Crippen LogP contribution in [0.2, 0.25) is 0 Å². The summed E-state index contributed by atoms with van der Waals surface area (Å²) in [5.74, 6) is -2.88. The Kier molecular flexibility index (Phi) is 4.36. The lowest BCUT2D eigenvalue weighted by atomic mass is 10.0. The lowest BCUT2D eigenvalue weighted by Crippen LogP contribution is -2.27. The fraction of sp³-hybridized carbons (Fsp3) is 0.444. The van der Waals surface area contributed by atoms with Gasteiger partial charge in [-0.2, -0.15) is 0 Å². The van der Waals surface area contributed by atoms with Gasteiger partial charge in [0.05, 0.1) is 23.2 Å². The van der Waals surface area contributed by atoms with Crippen molar-refractivity contribution in [2.24, 2.45) is 0 Å². The second-order valence-electron chi connectivity index (χ2n) is 6.89. The Labute approximate surface area is 140 Å². The Hall–Kier alpha value is -1.92. The Bertz CT molecular complexity index is 728. The van der Waals surface area contributed by atoms with E-state index in [-0.39, 0.29) is 11.2 Å². The van der Waals surface area contributed by atoms with Crippen molar-refractivity contribution >= 4 is 0 Å². The van der Waals surface area contributed by atoms with Crippen LogP contribution >= 0.6 is 0 Å². The number of benzene rings is 1. The minimum absolute atomic E-state index is 0.0260. The molecule has 0 bridgehead atoms. The van der Waals surface area contributed by atoms with Gasteiger partial charge in [-0.25, -0.2) is 13.8 Å². The van der Waals surface area contributed by atoms with Gasteiger partial charge in [0.25, 0.3) is 5.92 Å². The van der Waals surface area contributed by atoms with Gasteiger partial charge in [0, 0.05) is 37.3 Å². The van der Waals surface area contributed by atoms with E-state index in [0.717, 1.165) is 19.2 Å². The molecule has 1 saturated heterocycles. The summed E-state index contributed by atoms with van der Waals surface area (Å²) >= 11 is 0. The molecule has 2 heterocycles. The lowest BCUT2D eigenvalue weighted by Gasteiger charge is -2.16. The molecule has 0 aliphatic carbocycles. The van der Waals surface area contributed by atoms with Crippen molar-refractivity contribution in [3.8, 4) is 11.3 Å². The van der Waals surface area contributed by atoms with Crippen molar-refractivity contribution in [3.63, 3.8) is 0 Å². The molecular weight excluding hydrogens is 312 g/mol. The Morgan fingerprint density at radius 2 is 2.08 bits per heavy atom. The molecular formula is C18H21F2N3O. The molecule has 3 rings (SSSR count). The quantitative estimate of drug-likeness (QED) is 0.852. The zero-order valence-corrected chi connectivity index (χ0v) is 14.1. The average molecular weight is 333 g/mol. The SMILES string of the molecule is CC1(C)CN(Cc2cncc(-c3cccc(C(C)(F)F)c3)n2)CO1. The van der Waals surface area contributed by atoms with Gasteiger partial charge in [-0.1, -0.05) is 18.2 Å². The third kappa shape index (κ3) is 3.94. The third-order valence-electron chi connectivity index (χ3n) is 3.98. The van der Waals surface area contributed by atoms with Crippen LogP contribution in [-0.4, -0.2) is 33.7 Å². The zero-order valence-electron chi connectivity index (χ0n) is 14.1. The number of rotatable bonds is 4. The topological polar surface area (TPSA) is 38.2 Å². The minimum atomic E-state index is -2.88. The summed E-state index contributed by atoms with van der Waals surface area (Å²) in [4.78, 5) is 10.9. The van der Waals surface area contributed by atoms with Gasteiger partial charge < -0.3 is 4.74 Å². The van der Waals surface area contributed by atoms with Crippen molar-refractivity contribution in [2.45, 2.75) is 38.8 Å². The van der Waals surface area contributed by atoms with E-state index in [0.29, 0.717) is 24.5 Å². The highest BCUT2D eigenvalue weighted by Gasteiger charge is 2.30. The second kappa shape index (κ2) is 6.18. The molecule has 4 nitrogen and oxygen atoms in total. The van der Waals surface area contributed by atoms with Crippen LogP contribution in [0, 0.1) is 0 Å². The number of hydrogen-bond donors (Lipinski definition) is 0. The summed E-state index contributed by atoms with van der Waals surface area (Å²) in [5, 5.41) is 0. The first kappa shape index (κ1) is 16.9. The molecule has 0 saturated carbocycles. The zero-order chi connectivity index (χ0) is 17.4. The molecule has 6 heteroatoms. The average Bonchev–Trinajstić information content (AvgIpc) is 2.86. The molecule has 0 unspecified atom stereocenters. The van der Waals surface area contributed by atoms with E-state index in [1.165, 1.54) is 12.1 Å². The van der Waals surface area contributed by atoms with Crippen molar-refractivity contribution in [1.82, 2.24) is 14.9 Å². The van der Waals surface area contributed by atoms with E-state index in [4.69, 9.17) is 4.74 Å². The fourth-order valence-electron chi connectivity index (χ4n) is 2.80. The van der Waals surface area contributed by atoms with E-state index in [9.17, 15) is 8.78 Å². The highest BCUT2D eigenvalue weighted by atomic mass is 19.3. The Morgan fingerprint density at radius 1 is 1.29 bits per heavy atom. The van der Waals surface area contributed by atoms with Crippen molar-refractivity contribution in [3.05, 3.63) is 47.9 Å². The molecule has 1 aromatic carbocycles. The molecule has 1 aliphatic heterocycles. The number of alkyl halides is 2. The molecule has 1 aliphatic rings. The summed E-state index contributed by atoms with van der Waals surface area (Å²) < 4.78 is 32.7. The number of halogens is 2. The molecule has 0 radical (unpaired) electrons. The first-order valence-corrected chi connectivity index (χ1v) is 7.89. The molecule has 0 atom stereocenters. The lowest BCUT2D eigenvalue weighted by molar-refractivity contribution is 0.0175. The van der Waals surface area contributed by atoms with Gasteiger partial charge in [0.2, 0.25) is 0 Å². The van der Waals surface area contributed by atoms with Crippen LogP contribution in [-0.2, 0) is 17.2 Å². The standard InChI is InChI=1S/C18H21F2N3O/c1-17(2)11-23(12-24-17)10-15-8-21-9-16(22-15)13-5-4-6-14(7-13)18(3,19)20/h4-9H,10-12H2,1-3H3. The normalized spacial score (nSPS) is 18.0. The molecule has 0 amide bonds. The van der Waals surface area contributed by atoms with E-state index >= 15 is 0 Å². The van der Waals surface area contributed by atoms with Gasteiger partial charge >= 0.3 is 0 Å². The van der Waals surface area contributed by atoms with Crippen molar-refractivity contribution < 1.29 is 13.5 Å². The van der Waals surface area contributed by atoms with Gasteiger partial charge in [-0.15, -0.1) is 0 Å². The van der Waals surface area contributed by atoms with Crippen LogP contribution in [0.4, 0.5) is 8.78 Å². The number of ether oxygens (including phenoxy) is 1. The summed E-state index contributed by atoms with van der Waals surface area (Å²) in [5.41, 5.74) is 1.84. The van der Waals surface area contributed by atoms with Gasteiger partial charge in [0.15, 0.2) is 0 Å². The summed E-state index contributed by atoms with van der Waals surface area (Å²) in [6, 6.07) is 6.28. The summed E-state index contributed by atoms with van der Waals surface area (Å²) in [7, 11) is 0. The maximum atomic E-state index is 13.5. The smallest absolute Gasteiger partial charge is 0.270 e. The monoisotopic (exact) mass is 333 g/mol. The van der Waals surface area contributed by atoms with Crippen LogP contribution in [0.15, 0.2) is 36.7 Å². The highest BCUT2D eigenvalue weighted by Crippen LogP contribution is 2.30. The van der Waals surface area contributed by atoms with Crippen LogP contribution in [0.5, 0.6) is 0 Å². The number of nitrogens with zero attached hydrogens (tertiary/aromatic N) is 3. The first-order chi connectivity index (χ1) is 11.2. The van der Waals surface area contributed by atoms with E-state index in [1.54, 1.807) is 24.5 Å². The molecule has 1 fully saturated rings. The minimum Gasteiger partial charge on any atom is -0.359 e. The number of hydrogen-bond acceptors (Lipinski definition) is 4. The molecule has 0 N–H and O–H groups in total. The Balaban J connectivity index is 1.81. The van der Waals surface area contributed by atoms with E-state index in [1.807, 2.05) is 13.8 Å². The molecule has 24 heavy (non-hydrogen) atoms. The van der Waals surface area contributed by atoms with Crippen LogP contribution in [0.3, 0.4) is 0 Å². The summed E-state index contributed by atoms with van der Waals surface area (Å²) in [6.45, 7) is 6.97. The second-order valence-corrected chi connectivity index (χ2v) is 6.89. The largest absolute Gasteiger partial charge is 0.359 e. The highest BCUT2D eigenvalue weighted by molar-refractivity contribution is 5.59. The fourth-order valence-corrected chi connectivity index (χ4v) is 2.80. The molecule has 128 valence electrons. The predicted molar refractivity (Wildman–Crippen MR) is 87.5 cm³/mol. The third-order valence-corrected chi connectivity index (χ3v) is 3.98. The van der Waals surface area contributed by atoms with Crippen LogP contribution in [0.1, 0.15) is 32.0 Å². The molecule has 2 aromatic rings. The Morgan fingerprint density at radius 3 is 2.75 bits per heavy atom. The molecule has 0 spiro atoms. The van der Waals surface area contributed by atoms with Gasteiger partial charge in [-0.05, 0) is 19.9 Å². The van der Waals surface area contributed by atoms with Crippen LogP contribution < -0.4 is 0 Å².